The molecule has 0 saturated carbocycles. The topological polar surface area (TPSA) is 129 Å². The molecule has 5 aromatic carbocycles. The molecule has 0 saturated heterocycles. The standard InChI is InChI=1S/C38H34N2O8S/c1-2-9-28-22-30(37(41)39-47-24-31-14-8-13-27-12-6-7-15-32(27)31)17-18-33(28)48-36(29-16-19-34-35(23-29)46-25-45-34)38(42)40-49(43,44)21-20-26-10-4-3-5-11-26/h3-8,10-23,36H,2,9,24-25H2,1H3,(H,39,41)(H,40,42)/b21-20+. The molecule has 11 heteroatoms. The highest BCUT2D eigenvalue weighted by Crippen LogP contribution is 2.36. The van der Waals surface area contributed by atoms with Crippen LogP contribution in [-0.4, -0.2) is 27.0 Å². The molecule has 1 atom stereocenters. The van der Waals surface area contributed by atoms with Gasteiger partial charge in [0, 0.05) is 11.1 Å². The summed E-state index contributed by atoms with van der Waals surface area (Å²) in [5, 5.41) is 3.03. The number of fused-ring (bicyclic) bond motifs is 2. The van der Waals surface area contributed by atoms with Crippen LogP contribution in [0.15, 0.2) is 115 Å². The first-order chi connectivity index (χ1) is 23.8. The highest BCUT2D eigenvalue weighted by atomic mass is 32.2. The van der Waals surface area contributed by atoms with Crippen molar-refractivity contribution in [1.29, 1.82) is 0 Å². The van der Waals surface area contributed by atoms with E-state index in [2.05, 4.69) is 10.2 Å². The van der Waals surface area contributed by atoms with Gasteiger partial charge in [-0.15, -0.1) is 0 Å². The highest BCUT2D eigenvalue weighted by molar-refractivity contribution is 7.93. The van der Waals surface area contributed by atoms with E-state index in [0.29, 0.717) is 52.3 Å². The molecule has 5 aromatic rings. The van der Waals surface area contributed by atoms with Gasteiger partial charge in [0.1, 0.15) is 12.4 Å². The maximum Gasteiger partial charge on any atom is 0.279 e. The summed E-state index contributed by atoms with van der Waals surface area (Å²) >= 11 is 0. The van der Waals surface area contributed by atoms with E-state index in [-0.39, 0.29) is 13.4 Å². The van der Waals surface area contributed by atoms with Crippen molar-refractivity contribution >= 4 is 38.7 Å². The summed E-state index contributed by atoms with van der Waals surface area (Å²) in [5.41, 5.74) is 5.41. The van der Waals surface area contributed by atoms with E-state index in [0.717, 1.165) is 21.7 Å². The fourth-order valence-electron chi connectivity index (χ4n) is 5.39. The number of carbonyl (C=O) groups is 2. The van der Waals surface area contributed by atoms with Gasteiger partial charge >= 0.3 is 0 Å². The Hall–Kier alpha value is -5.65. The van der Waals surface area contributed by atoms with Crippen LogP contribution in [0.2, 0.25) is 0 Å². The molecule has 49 heavy (non-hydrogen) atoms. The van der Waals surface area contributed by atoms with Gasteiger partial charge in [0.15, 0.2) is 11.5 Å². The Morgan fingerprint density at radius 1 is 0.857 bits per heavy atom. The quantitative estimate of drug-likeness (QED) is 0.133. The molecule has 6 rings (SSSR count). The molecule has 0 fully saturated rings. The monoisotopic (exact) mass is 678 g/mol. The second-order valence-corrected chi connectivity index (χ2v) is 12.8. The van der Waals surface area contributed by atoms with Gasteiger partial charge < -0.3 is 14.2 Å². The number of ether oxygens (including phenoxy) is 3. The summed E-state index contributed by atoms with van der Waals surface area (Å²) in [5.74, 6) is -0.167. The lowest BCUT2D eigenvalue weighted by atomic mass is 10.0. The van der Waals surface area contributed by atoms with Crippen molar-refractivity contribution < 1.29 is 37.1 Å². The molecule has 0 spiro atoms. The minimum atomic E-state index is -4.20. The van der Waals surface area contributed by atoms with Crippen LogP contribution in [0.3, 0.4) is 0 Å². The Morgan fingerprint density at radius 3 is 2.47 bits per heavy atom. The molecule has 1 unspecified atom stereocenters. The Morgan fingerprint density at radius 2 is 1.63 bits per heavy atom. The van der Waals surface area contributed by atoms with Crippen molar-refractivity contribution in [3.8, 4) is 17.2 Å². The SMILES string of the molecule is CCCc1cc(C(=O)NOCc2cccc3ccccc23)ccc1OC(C(=O)NS(=O)(=O)/C=C/c1ccccc1)c1ccc2c(c1)OCO2. The van der Waals surface area contributed by atoms with Crippen molar-refractivity contribution in [3.05, 3.63) is 142 Å². The van der Waals surface area contributed by atoms with Gasteiger partial charge in [0.05, 0.1) is 5.41 Å². The summed E-state index contributed by atoms with van der Waals surface area (Å²) < 4.78 is 45.2. The number of sulfonamides is 1. The van der Waals surface area contributed by atoms with Crippen molar-refractivity contribution in [3.63, 3.8) is 0 Å². The molecular formula is C38H34N2O8S. The third kappa shape index (κ3) is 8.26. The normalized spacial score (nSPS) is 12.9. The lowest BCUT2D eigenvalue weighted by Crippen LogP contribution is -2.36. The summed E-state index contributed by atoms with van der Waals surface area (Å²) in [6.45, 7) is 2.16. The van der Waals surface area contributed by atoms with Gasteiger partial charge in [-0.05, 0) is 70.3 Å². The van der Waals surface area contributed by atoms with Crippen molar-refractivity contribution in [2.24, 2.45) is 0 Å². The van der Waals surface area contributed by atoms with Crippen LogP contribution in [0.1, 0.15) is 52.1 Å². The van der Waals surface area contributed by atoms with E-state index in [1.807, 2.05) is 55.5 Å². The maximum absolute atomic E-state index is 13.6. The minimum Gasteiger partial charge on any atom is -0.475 e. The van der Waals surface area contributed by atoms with Gasteiger partial charge in [0.2, 0.25) is 12.9 Å². The number of rotatable bonds is 13. The predicted octanol–water partition coefficient (Wildman–Crippen LogP) is 6.62. The average Bonchev–Trinajstić information content (AvgIpc) is 3.59. The van der Waals surface area contributed by atoms with Gasteiger partial charge in [-0.3, -0.25) is 14.4 Å². The number of hydroxylamine groups is 1. The van der Waals surface area contributed by atoms with Gasteiger partial charge in [0.25, 0.3) is 21.8 Å². The number of aryl methyl sites for hydroxylation is 1. The van der Waals surface area contributed by atoms with Crippen LogP contribution in [-0.2, 0) is 32.7 Å². The van der Waals surface area contributed by atoms with Crippen LogP contribution in [0, 0.1) is 0 Å². The third-order valence-electron chi connectivity index (χ3n) is 7.78. The maximum atomic E-state index is 13.6. The largest absolute Gasteiger partial charge is 0.475 e. The Kier molecular flexibility index (Phi) is 10.2. The average molecular weight is 679 g/mol. The molecule has 2 N–H and O–H groups in total. The predicted molar refractivity (Wildman–Crippen MR) is 185 cm³/mol. The third-order valence-corrected chi connectivity index (χ3v) is 8.76. The molecule has 2 amide bonds. The molecule has 0 bridgehead atoms. The molecule has 0 aromatic heterocycles. The number of carbonyl (C=O) groups excluding carboxylic acids is 2. The van der Waals surface area contributed by atoms with E-state index >= 15 is 0 Å². The van der Waals surface area contributed by atoms with E-state index in [1.54, 1.807) is 60.7 Å². The van der Waals surface area contributed by atoms with Crippen molar-refractivity contribution in [2.75, 3.05) is 6.79 Å². The molecule has 0 aliphatic carbocycles. The molecule has 1 heterocycles. The van der Waals surface area contributed by atoms with Crippen molar-refractivity contribution in [1.82, 2.24) is 10.2 Å². The number of benzene rings is 5. The lowest BCUT2D eigenvalue weighted by molar-refractivity contribution is -0.126. The van der Waals surface area contributed by atoms with Crippen molar-refractivity contribution in [2.45, 2.75) is 32.5 Å². The van der Waals surface area contributed by atoms with Crippen LogP contribution < -0.4 is 24.4 Å². The van der Waals surface area contributed by atoms with E-state index in [1.165, 1.54) is 6.08 Å². The number of amides is 2. The minimum absolute atomic E-state index is 0.0188. The van der Waals surface area contributed by atoms with Gasteiger partial charge in [-0.25, -0.2) is 18.6 Å². The van der Waals surface area contributed by atoms with Crippen LogP contribution in [0.5, 0.6) is 17.2 Å². The summed E-state index contributed by atoms with van der Waals surface area (Å²) in [4.78, 5) is 32.3. The zero-order valence-electron chi connectivity index (χ0n) is 26.6. The highest BCUT2D eigenvalue weighted by Gasteiger charge is 2.29. The lowest BCUT2D eigenvalue weighted by Gasteiger charge is -2.21. The smallest absolute Gasteiger partial charge is 0.279 e. The summed E-state index contributed by atoms with van der Waals surface area (Å²) in [6.07, 6.45) is 1.22. The van der Waals surface area contributed by atoms with E-state index in [4.69, 9.17) is 19.0 Å². The Bertz CT molecular complexity index is 2110. The van der Waals surface area contributed by atoms with E-state index < -0.39 is 27.9 Å². The fraction of sp³-hybridized carbons (Fsp3) is 0.158. The zero-order chi connectivity index (χ0) is 34.2. The second kappa shape index (κ2) is 15.1. The fourth-order valence-corrected chi connectivity index (χ4v) is 6.18. The first-order valence-corrected chi connectivity index (χ1v) is 17.2. The zero-order valence-corrected chi connectivity index (χ0v) is 27.4. The summed E-state index contributed by atoms with van der Waals surface area (Å²) in [7, 11) is -4.20. The second-order valence-electron chi connectivity index (χ2n) is 11.3. The first-order valence-electron chi connectivity index (χ1n) is 15.7. The molecule has 250 valence electrons. The van der Waals surface area contributed by atoms with Crippen LogP contribution in [0.4, 0.5) is 0 Å². The number of hydrogen-bond acceptors (Lipinski definition) is 8. The molecule has 10 nitrogen and oxygen atoms in total. The van der Waals surface area contributed by atoms with Crippen LogP contribution in [0.25, 0.3) is 16.8 Å². The molecule has 1 aliphatic rings. The Labute approximate surface area is 284 Å². The number of nitrogens with one attached hydrogen (secondary N) is 2. The molecular weight excluding hydrogens is 644 g/mol. The number of hydrogen-bond donors (Lipinski definition) is 2. The Balaban J connectivity index is 1.21. The van der Waals surface area contributed by atoms with Gasteiger partial charge in [-0.2, -0.15) is 0 Å². The summed E-state index contributed by atoms with van der Waals surface area (Å²) in [6, 6.07) is 32.3. The van der Waals surface area contributed by atoms with Crippen LogP contribution >= 0.6 is 0 Å². The van der Waals surface area contributed by atoms with E-state index in [9.17, 15) is 18.0 Å². The van der Waals surface area contributed by atoms with Gasteiger partial charge in [-0.1, -0.05) is 92.2 Å². The first kappa shape index (κ1) is 33.3. The molecule has 1 aliphatic heterocycles. The molecule has 0 radical (unpaired) electrons.